The summed E-state index contributed by atoms with van der Waals surface area (Å²) in [5.41, 5.74) is 0. The fourth-order valence-electron chi connectivity index (χ4n) is 2.98. The van der Waals surface area contributed by atoms with Crippen molar-refractivity contribution in [3.05, 3.63) is 0 Å². The summed E-state index contributed by atoms with van der Waals surface area (Å²) in [6, 6.07) is 0. The molecule has 0 aromatic carbocycles. The fraction of sp³-hybridized carbons (Fsp3) is 1.00. The van der Waals surface area contributed by atoms with E-state index in [-0.39, 0.29) is 6.10 Å². The highest BCUT2D eigenvalue weighted by Gasteiger charge is 2.28. The average Bonchev–Trinajstić information content (AvgIpc) is 2.25. The summed E-state index contributed by atoms with van der Waals surface area (Å²) in [4.78, 5) is 2.36. The zero-order chi connectivity index (χ0) is 10.7. The Morgan fingerprint density at radius 2 is 2.00 bits per heavy atom. The van der Waals surface area contributed by atoms with Gasteiger partial charge in [-0.05, 0) is 57.7 Å². The second-order valence-electron chi connectivity index (χ2n) is 5.31. The SMILES string of the molecule is CN1CCC(O)C(CC2CCNCC2)C1. The van der Waals surface area contributed by atoms with Crippen molar-refractivity contribution < 1.29 is 5.11 Å². The highest BCUT2D eigenvalue weighted by Crippen LogP contribution is 2.27. The number of aliphatic hydroxyl groups excluding tert-OH is 1. The van der Waals surface area contributed by atoms with Crippen LogP contribution in [0.25, 0.3) is 0 Å². The molecule has 88 valence electrons. The van der Waals surface area contributed by atoms with Crippen LogP contribution in [0.15, 0.2) is 0 Å². The summed E-state index contributed by atoms with van der Waals surface area (Å²) in [6.45, 7) is 4.49. The van der Waals surface area contributed by atoms with E-state index in [1.165, 1.54) is 32.4 Å². The number of piperidine rings is 2. The van der Waals surface area contributed by atoms with Gasteiger partial charge >= 0.3 is 0 Å². The maximum Gasteiger partial charge on any atom is 0.0592 e. The van der Waals surface area contributed by atoms with Crippen molar-refractivity contribution in [1.29, 1.82) is 0 Å². The third-order valence-electron chi connectivity index (χ3n) is 3.99. The molecule has 2 heterocycles. The van der Waals surface area contributed by atoms with Crippen LogP contribution in [0, 0.1) is 11.8 Å². The lowest BCUT2D eigenvalue weighted by molar-refractivity contribution is 0.0223. The van der Waals surface area contributed by atoms with E-state index in [0.717, 1.165) is 25.4 Å². The first kappa shape index (κ1) is 11.4. The van der Waals surface area contributed by atoms with E-state index in [1.54, 1.807) is 0 Å². The molecule has 0 aromatic heterocycles. The lowest BCUT2D eigenvalue weighted by Crippen LogP contribution is -2.42. The number of likely N-dealkylation sites (tertiary alicyclic amines) is 1. The molecule has 0 aliphatic carbocycles. The zero-order valence-electron chi connectivity index (χ0n) is 9.78. The zero-order valence-corrected chi connectivity index (χ0v) is 9.78. The van der Waals surface area contributed by atoms with Crippen molar-refractivity contribution in [3.8, 4) is 0 Å². The van der Waals surface area contributed by atoms with Gasteiger partial charge in [-0.3, -0.25) is 0 Å². The second-order valence-corrected chi connectivity index (χ2v) is 5.31. The topological polar surface area (TPSA) is 35.5 Å². The third-order valence-corrected chi connectivity index (χ3v) is 3.99. The highest BCUT2D eigenvalue weighted by molar-refractivity contribution is 4.82. The number of rotatable bonds is 2. The summed E-state index contributed by atoms with van der Waals surface area (Å²) in [6.07, 6.45) is 4.75. The smallest absolute Gasteiger partial charge is 0.0592 e. The molecule has 0 aromatic rings. The molecule has 3 nitrogen and oxygen atoms in total. The second kappa shape index (κ2) is 5.28. The molecule has 0 bridgehead atoms. The summed E-state index contributed by atoms with van der Waals surface area (Å²) < 4.78 is 0. The molecule has 2 fully saturated rings. The van der Waals surface area contributed by atoms with Crippen molar-refractivity contribution >= 4 is 0 Å². The summed E-state index contributed by atoms with van der Waals surface area (Å²) in [7, 11) is 2.17. The van der Waals surface area contributed by atoms with Crippen molar-refractivity contribution in [2.45, 2.75) is 31.8 Å². The normalized spacial score (nSPS) is 35.6. The minimum absolute atomic E-state index is 0.0453. The molecule has 3 heteroatoms. The van der Waals surface area contributed by atoms with Gasteiger partial charge in [0.2, 0.25) is 0 Å². The van der Waals surface area contributed by atoms with E-state index in [4.69, 9.17) is 0 Å². The van der Waals surface area contributed by atoms with Crippen LogP contribution in [0.1, 0.15) is 25.7 Å². The maximum absolute atomic E-state index is 9.98. The minimum atomic E-state index is -0.0453. The predicted molar refractivity (Wildman–Crippen MR) is 61.8 cm³/mol. The number of nitrogens with zero attached hydrogens (tertiary/aromatic N) is 1. The van der Waals surface area contributed by atoms with Crippen LogP contribution in [0.4, 0.5) is 0 Å². The quantitative estimate of drug-likeness (QED) is 0.707. The van der Waals surface area contributed by atoms with Crippen molar-refractivity contribution in [2.75, 3.05) is 33.2 Å². The van der Waals surface area contributed by atoms with Gasteiger partial charge in [-0.2, -0.15) is 0 Å². The van der Waals surface area contributed by atoms with Crippen molar-refractivity contribution in [2.24, 2.45) is 11.8 Å². The molecule has 2 aliphatic heterocycles. The molecule has 2 N–H and O–H groups in total. The van der Waals surface area contributed by atoms with Gasteiger partial charge in [0.15, 0.2) is 0 Å². The van der Waals surface area contributed by atoms with Gasteiger partial charge in [-0.25, -0.2) is 0 Å². The van der Waals surface area contributed by atoms with Crippen LogP contribution < -0.4 is 5.32 Å². The van der Waals surface area contributed by atoms with Crippen molar-refractivity contribution in [1.82, 2.24) is 10.2 Å². The summed E-state index contributed by atoms with van der Waals surface area (Å²) in [5.74, 6) is 1.37. The van der Waals surface area contributed by atoms with Crippen LogP contribution in [-0.2, 0) is 0 Å². The van der Waals surface area contributed by atoms with E-state index in [9.17, 15) is 5.11 Å². The Morgan fingerprint density at radius 1 is 1.27 bits per heavy atom. The van der Waals surface area contributed by atoms with E-state index in [0.29, 0.717) is 5.92 Å². The predicted octanol–water partition coefficient (Wildman–Crippen LogP) is 0.689. The van der Waals surface area contributed by atoms with Crippen LogP contribution in [0.5, 0.6) is 0 Å². The first-order chi connectivity index (χ1) is 7.25. The van der Waals surface area contributed by atoms with E-state index < -0.39 is 0 Å². The molecule has 2 aliphatic rings. The van der Waals surface area contributed by atoms with Gasteiger partial charge in [0.25, 0.3) is 0 Å². The molecule has 0 amide bonds. The molecular weight excluding hydrogens is 188 g/mol. The molecule has 2 saturated heterocycles. The number of hydrogen-bond acceptors (Lipinski definition) is 3. The van der Waals surface area contributed by atoms with Gasteiger partial charge in [-0.15, -0.1) is 0 Å². The maximum atomic E-state index is 9.98. The third kappa shape index (κ3) is 3.16. The lowest BCUT2D eigenvalue weighted by atomic mass is 9.82. The Kier molecular flexibility index (Phi) is 4.00. The Morgan fingerprint density at radius 3 is 2.73 bits per heavy atom. The standard InChI is InChI=1S/C12H24N2O/c1-14-7-4-12(15)11(9-14)8-10-2-5-13-6-3-10/h10-13,15H,2-9H2,1H3. The Bertz CT molecular complexity index is 192. The Balaban J connectivity index is 1.80. The first-order valence-electron chi connectivity index (χ1n) is 6.33. The molecule has 0 spiro atoms. The van der Waals surface area contributed by atoms with Gasteiger partial charge in [-0.1, -0.05) is 0 Å². The van der Waals surface area contributed by atoms with Gasteiger partial charge in [0, 0.05) is 13.1 Å². The molecule has 0 saturated carbocycles. The number of hydrogen-bond donors (Lipinski definition) is 2. The Hall–Kier alpha value is -0.120. The van der Waals surface area contributed by atoms with E-state index in [1.807, 2.05) is 0 Å². The van der Waals surface area contributed by atoms with Gasteiger partial charge in [0.1, 0.15) is 0 Å². The van der Waals surface area contributed by atoms with E-state index in [2.05, 4.69) is 17.3 Å². The highest BCUT2D eigenvalue weighted by atomic mass is 16.3. The molecule has 2 atom stereocenters. The fourth-order valence-corrected chi connectivity index (χ4v) is 2.98. The Labute approximate surface area is 92.8 Å². The molecule has 2 unspecified atom stereocenters. The average molecular weight is 212 g/mol. The number of nitrogens with one attached hydrogen (secondary N) is 1. The number of aliphatic hydroxyl groups is 1. The van der Waals surface area contributed by atoms with Gasteiger partial charge < -0.3 is 15.3 Å². The minimum Gasteiger partial charge on any atom is -0.393 e. The molecule has 2 rings (SSSR count). The van der Waals surface area contributed by atoms with Crippen LogP contribution >= 0.6 is 0 Å². The summed E-state index contributed by atoms with van der Waals surface area (Å²) in [5, 5.41) is 13.4. The van der Waals surface area contributed by atoms with Crippen LogP contribution in [-0.4, -0.2) is 49.3 Å². The first-order valence-corrected chi connectivity index (χ1v) is 6.33. The molecular formula is C12H24N2O. The van der Waals surface area contributed by atoms with Crippen molar-refractivity contribution in [3.63, 3.8) is 0 Å². The summed E-state index contributed by atoms with van der Waals surface area (Å²) >= 11 is 0. The van der Waals surface area contributed by atoms with Crippen LogP contribution in [0.2, 0.25) is 0 Å². The largest absolute Gasteiger partial charge is 0.393 e. The molecule has 0 radical (unpaired) electrons. The monoisotopic (exact) mass is 212 g/mol. The molecule has 15 heavy (non-hydrogen) atoms. The van der Waals surface area contributed by atoms with Crippen LogP contribution in [0.3, 0.4) is 0 Å². The van der Waals surface area contributed by atoms with E-state index >= 15 is 0 Å². The van der Waals surface area contributed by atoms with Gasteiger partial charge in [0.05, 0.1) is 6.10 Å². The lowest BCUT2D eigenvalue weighted by Gasteiger charge is -2.36.